The smallest absolute Gasteiger partial charge is 0.153 e. The van der Waals surface area contributed by atoms with E-state index in [0.29, 0.717) is 41.4 Å². The molecule has 81 heavy (non-hydrogen) atoms. The van der Waals surface area contributed by atoms with Gasteiger partial charge in [0.1, 0.15) is 39.5 Å². The van der Waals surface area contributed by atoms with E-state index in [9.17, 15) is 0 Å². The Morgan fingerprint density at radius 2 is 1.09 bits per heavy atom. The maximum atomic E-state index is 5.98. The number of allylic oxidation sites excluding steroid dienone is 2. The van der Waals surface area contributed by atoms with Gasteiger partial charge in [-0.3, -0.25) is 9.67 Å². The molecule has 0 aliphatic carbocycles. The molecule has 0 fully saturated rings. The molecule has 0 atom stereocenters. The van der Waals surface area contributed by atoms with E-state index in [1.807, 2.05) is 110 Å². The molecule has 1 N–H and O–H groups in total. The number of H-pyrrole nitrogens is 1. The molecule has 442 valence electrons. The summed E-state index contributed by atoms with van der Waals surface area (Å²) in [7, 11) is 5.98. The minimum absolute atomic E-state index is 0.430. The van der Waals surface area contributed by atoms with Crippen molar-refractivity contribution in [3.8, 4) is 11.4 Å². The molecule has 0 unspecified atom stereocenters. The number of nitrogens with zero attached hydrogens (tertiary/aromatic N) is 13. The van der Waals surface area contributed by atoms with E-state index in [0.717, 1.165) is 79.6 Å². The normalized spacial score (nSPS) is 11.9. The molecule has 0 saturated heterocycles. The first kappa shape index (κ1) is 69.1. The van der Waals surface area contributed by atoms with E-state index in [1.54, 1.807) is 4.68 Å². The highest BCUT2D eigenvalue weighted by molar-refractivity contribution is 9.10. The number of aryl methyl sites for hydroxylation is 7. The molecule has 1 aliphatic rings. The lowest BCUT2D eigenvalue weighted by atomic mass is 10.0. The first-order valence-corrected chi connectivity index (χ1v) is 29.7. The summed E-state index contributed by atoms with van der Waals surface area (Å²) in [6.45, 7) is 46.4. The van der Waals surface area contributed by atoms with Gasteiger partial charge in [-0.2, -0.15) is 5.10 Å². The van der Waals surface area contributed by atoms with Gasteiger partial charge in [-0.05, 0) is 143 Å². The Hall–Kier alpha value is -6.19. The molecule has 7 heterocycles. The molecule has 0 saturated carbocycles. The van der Waals surface area contributed by atoms with Gasteiger partial charge >= 0.3 is 0 Å². The number of aromatic amines is 1. The number of nitrogens with one attached hydrogen (secondary N) is 1. The quantitative estimate of drug-likeness (QED) is 0.152. The zero-order valence-corrected chi connectivity index (χ0v) is 56.2. The largest absolute Gasteiger partial charge is 0.346 e. The van der Waals surface area contributed by atoms with E-state index in [2.05, 4.69) is 222 Å². The van der Waals surface area contributed by atoms with Gasteiger partial charge in [0.2, 0.25) is 0 Å². The van der Waals surface area contributed by atoms with Crippen molar-refractivity contribution in [3.63, 3.8) is 0 Å². The summed E-state index contributed by atoms with van der Waals surface area (Å²) in [6, 6.07) is 18.1. The molecule has 8 aromatic rings. The van der Waals surface area contributed by atoms with Gasteiger partial charge in [-0.15, -0.1) is 0 Å². The lowest BCUT2D eigenvalue weighted by molar-refractivity contribution is 0.697. The first-order valence-electron chi connectivity index (χ1n) is 28.6. The summed E-state index contributed by atoms with van der Waals surface area (Å²) >= 11 is 9.48. The van der Waals surface area contributed by atoms with Crippen molar-refractivity contribution < 1.29 is 0 Å². The number of hydrogen-bond donors (Lipinski definition) is 1. The molecule has 9 rings (SSSR count). The number of rotatable bonds is 9. The second-order valence-corrected chi connectivity index (χ2v) is 24.1. The molecule has 6 aromatic heterocycles. The number of imidazole rings is 5. The Morgan fingerprint density at radius 1 is 0.531 bits per heavy atom. The van der Waals surface area contributed by atoms with Crippen LogP contribution in [-0.4, -0.2) is 68.6 Å². The van der Waals surface area contributed by atoms with Crippen molar-refractivity contribution in [2.24, 2.45) is 32.1 Å². The standard InChI is InChI=1S/C13H15ClN2.C13H16N2.C9H15N.C8H13BrN2.C8H14N2.C7H13N3.C7H12N2/c1-9(2)13-8-16(10(3)15-13)12-6-4-5-11(14)7-12;1-10(2)13-9-15(11(3)14-13)12-7-5-4-6-8-12;1-6(2)9-5-7(3)8(4)10-9;1-5(2)7-8(9)11(4)6(3)10-7;1-6(2)8-5-9-7(3)10(8)4;1-5(2)7-8-6(3)10(4)9-7;1-5(2)7-4-8-6(3)9-7/h4-9H,1-3H3;4-10H,1-3H3;6H,5H2,1-4H3;5H,1-4H3;5-6H,1-4H3;5H,1-4H3;4-5H,1-3H3,(H,8,9). The van der Waals surface area contributed by atoms with Gasteiger partial charge in [0, 0.05) is 97.5 Å². The third-order valence-electron chi connectivity index (χ3n) is 13.7. The fourth-order valence-electron chi connectivity index (χ4n) is 7.86. The molecule has 0 spiro atoms. The van der Waals surface area contributed by atoms with Crippen LogP contribution in [0.15, 0.2) is 100 Å². The number of para-hydroxylation sites is 1. The van der Waals surface area contributed by atoms with Crippen LogP contribution < -0.4 is 0 Å². The van der Waals surface area contributed by atoms with E-state index >= 15 is 0 Å². The molecular weight excluding hydrogens is 1090 g/mol. The number of hydrogen-bond acceptors (Lipinski definition) is 8. The second-order valence-electron chi connectivity index (χ2n) is 23.0. The zero-order valence-electron chi connectivity index (χ0n) is 53.8. The van der Waals surface area contributed by atoms with Crippen LogP contribution in [-0.2, 0) is 21.1 Å². The van der Waals surface area contributed by atoms with Gasteiger partial charge in [0.15, 0.2) is 5.82 Å². The van der Waals surface area contributed by atoms with Crippen molar-refractivity contribution in [2.45, 2.75) is 194 Å². The third kappa shape index (κ3) is 21.3. The van der Waals surface area contributed by atoms with Crippen LogP contribution in [0, 0.1) is 47.5 Å². The summed E-state index contributed by atoms with van der Waals surface area (Å²) in [5.41, 5.74) is 12.2. The second kappa shape index (κ2) is 32.4. The van der Waals surface area contributed by atoms with Crippen molar-refractivity contribution in [3.05, 3.63) is 170 Å². The average molecular weight is 1190 g/mol. The highest BCUT2D eigenvalue weighted by atomic mass is 79.9. The van der Waals surface area contributed by atoms with Gasteiger partial charge in [-0.1, -0.05) is 133 Å². The van der Waals surface area contributed by atoms with Gasteiger partial charge in [-0.25, -0.2) is 29.9 Å². The molecule has 14 nitrogen and oxygen atoms in total. The monoisotopic (exact) mass is 1190 g/mol. The lowest BCUT2D eigenvalue weighted by Crippen LogP contribution is -2.03. The van der Waals surface area contributed by atoms with Crippen LogP contribution in [0.3, 0.4) is 0 Å². The van der Waals surface area contributed by atoms with Crippen LogP contribution in [0.5, 0.6) is 0 Å². The Morgan fingerprint density at radius 3 is 1.38 bits per heavy atom. The zero-order chi connectivity index (χ0) is 61.2. The maximum absolute atomic E-state index is 5.98. The van der Waals surface area contributed by atoms with Gasteiger partial charge < -0.3 is 23.3 Å². The molecule has 0 bridgehead atoms. The van der Waals surface area contributed by atoms with E-state index in [1.165, 1.54) is 34.1 Å². The van der Waals surface area contributed by atoms with Crippen LogP contribution >= 0.6 is 27.5 Å². The Balaban J connectivity index is 0.000000251. The Bertz CT molecular complexity index is 3200. The van der Waals surface area contributed by atoms with Crippen molar-refractivity contribution in [1.82, 2.24) is 62.9 Å². The predicted molar refractivity (Wildman–Crippen MR) is 344 cm³/mol. The van der Waals surface area contributed by atoms with Crippen molar-refractivity contribution in [1.29, 1.82) is 0 Å². The predicted octanol–water partition coefficient (Wildman–Crippen LogP) is 17.6. The van der Waals surface area contributed by atoms with Crippen LogP contribution in [0.25, 0.3) is 11.4 Å². The van der Waals surface area contributed by atoms with E-state index < -0.39 is 0 Å². The van der Waals surface area contributed by atoms with Crippen LogP contribution in [0.1, 0.15) is 222 Å². The molecule has 2 aromatic carbocycles. The summed E-state index contributed by atoms with van der Waals surface area (Å²) < 4.78 is 11.3. The SMILES string of the molecule is CC1=C(C)N=C(C(C)C)C1.Cc1nc(C(C)C)c(Br)n1C.Cc1nc(C(C)C)cn1-c1cccc(Cl)c1.Cc1nc(C(C)C)cn1-c1ccccc1.Cc1nc(C(C)C)nn1C.Cc1ncc(C(C)C)[nH]1.Cc1ncc(C(C)C)n1C. The minimum atomic E-state index is 0.430. The number of aliphatic imine (C=N–C) groups is 1. The number of halogens is 2. The molecule has 0 amide bonds. The van der Waals surface area contributed by atoms with Crippen LogP contribution in [0.2, 0.25) is 5.02 Å². The molecular formula is C65H98BrClN14. The van der Waals surface area contributed by atoms with Gasteiger partial charge in [0.25, 0.3) is 0 Å². The summed E-state index contributed by atoms with van der Waals surface area (Å²) in [5.74, 6) is 10.7. The maximum Gasteiger partial charge on any atom is 0.153 e. The molecule has 16 heteroatoms. The van der Waals surface area contributed by atoms with Crippen molar-refractivity contribution in [2.75, 3.05) is 0 Å². The summed E-state index contributed by atoms with van der Waals surface area (Å²) in [6.07, 6.45) is 9.13. The molecule has 1 aliphatic heterocycles. The Labute approximate surface area is 500 Å². The Kier molecular flexibility index (Phi) is 27.7. The lowest BCUT2D eigenvalue weighted by Gasteiger charge is -2.05. The highest BCUT2D eigenvalue weighted by Crippen LogP contribution is 2.25. The third-order valence-corrected chi connectivity index (χ3v) is 14.8. The highest BCUT2D eigenvalue weighted by Gasteiger charge is 2.15. The van der Waals surface area contributed by atoms with E-state index in [4.69, 9.17) is 11.6 Å². The molecule has 0 radical (unpaired) electrons. The fraction of sp³-hybridized carbons (Fsp3) is 0.508. The van der Waals surface area contributed by atoms with E-state index in [-0.39, 0.29) is 0 Å². The average Bonchev–Trinajstić information content (AvgIpc) is 4.34. The van der Waals surface area contributed by atoms with Gasteiger partial charge in [0.05, 0.1) is 17.1 Å². The topological polar surface area (TPSA) is 143 Å². The first-order chi connectivity index (χ1) is 37.8. The van der Waals surface area contributed by atoms with Crippen LogP contribution in [0.4, 0.5) is 0 Å². The van der Waals surface area contributed by atoms with Crippen molar-refractivity contribution >= 4 is 33.2 Å². The fourth-order valence-corrected chi connectivity index (χ4v) is 8.85. The number of benzene rings is 2. The minimum Gasteiger partial charge on any atom is -0.346 e. The summed E-state index contributed by atoms with van der Waals surface area (Å²) in [4.78, 5) is 33.7. The number of aromatic nitrogens is 13. The summed E-state index contributed by atoms with van der Waals surface area (Å²) in [5, 5.41) is 4.96.